The number of fused-ring (bicyclic) bond motifs is 5. The van der Waals surface area contributed by atoms with Crippen molar-refractivity contribution in [2.24, 2.45) is 23.7 Å². The summed E-state index contributed by atoms with van der Waals surface area (Å²) < 4.78 is 5.10. The molecule has 1 N–H and O–H groups in total. The molecule has 3 aliphatic rings. The summed E-state index contributed by atoms with van der Waals surface area (Å²) >= 11 is 7.28. The Morgan fingerprint density at radius 2 is 1.56 bits per heavy atom. The van der Waals surface area contributed by atoms with Gasteiger partial charge in [-0.15, -0.1) is 0 Å². The van der Waals surface area contributed by atoms with Gasteiger partial charge >= 0.3 is 5.97 Å². The molecule has 7 nitrogen and oxygen atoms in total. The van der Waals surface area contributed by atoms with E-state index in [2.05, 4.69) is 37.2 Å². The third-order valence-electron chi connectivity index (χ3n) is 6.99. The minimum absolute atomic E-state index is 0.0871. The van der Waals surface area contributed by atoms with Crippen molar-refractivity contribution in [2.45, 2.75) is 42.8 Å². The third kappa shape index (κ3) is 3.91. The van der Waals surface area contributed by atoms with Crippen molar-refractivity contribution in [1.82, 2.24) is 4.90 Å². The number of hydrogen-bond donors (Lipinski definition) is 1. The van der Waals surface area contributed by atoms with Crippen molar-refractivity contribution in [3.05, 3.63) is 29.3 Å². The van der Waals surface area contributed by atoms with E-state index in [9.17, 15) is 19.2 Å². The van der Waals surface area contributed by atoms with Gasteiger partial charge in [-0.3, -0.25) is 24.1 Å². The number of ether oxygens (including phenoxy) is 1. The second-order valence-electron chi connectivity index (χ2n) is 8.63. The Kier molecular flexibility index (Phi) is 6.77. The number of para-hydroxylation sites is 1. The standard InChI is InChI=1S/C23H26Br2N2O5/c1-3-11-6-5-7-12(4-2)21(11)26-15(28)10-32-16(29)9-27-22(30)17-13-8-14(18(17)23(27)31)20(25)19(13)24/h5-7,13-14,17-20H,3-4,8-10H2,1-2H3,(H,26,28)/t13-,14-,17-,18-,19-,20+/m1/s1. The monoisotopic (exact) mass is 568 g/mol. The molecular formula is C23H26Br2N2O5. The van der Waals surface area contributed by atoms with Gasteiger partial charge in [-0.25, -0.2) is 0 Å². The van der Waals surface area contributed by atoms with Crippen molar-refractivity contribution >= 4 is 61.2 Å². The maximum absolute atomic E-state index is 12.9. The summed E-state index contributed by atoms with van der Waals surface area (Å²) in [6.45, 7) is 3.09. The average molecular weight is 570 g/mol. The fraction of sp³-hybridized carbons (Fsp3) is 0.565. The number of benzene rings is 1. The van der Waals surface area contributed by atoms with E-state index in [1.54, 1.807) is 0 Å². The number of carbonyl (C=O) groups is 4. The van der Waals surface area contributed by atoms with Gasteiger partial charge in [0.2, 0.25) is 11.8 Å². The normalized spacial score (nSPS) is 30.6. The molecule has 3 fully saturated rings. The van der Waals surface area contributed by atoms with E-state index in [4.69, 9.17) is 4.74 Å². The molecule has 172 valence electrons. The van der Waals surface area contributed by atoms with Crippen molar-refractivity contribution in [1.29, 1.82) is 0 Å². The van der Waals surface area contributed by atoms with Crippen LogP contribution in [0.1, 0.15) is 31.4 Å². The van der Waals surface area contributed by atoms with Crippen LogP contribution in [0.3, 0.4) is 0 Å². The van der Waals surface area contributed by atoms with Crippen LogP contribution in [0.4, 0.5) is 5.69 Å². The van der Waals surface area contributed by atoms with Gasteiger partial charge < -0.3 is 10.1 Å². The number of hydrogen-bond acceptors (Lipinski definition) is 5. The first-order valence-electron chi connectivity index (χ1n) is 11.0. The van der Waals surface area contributed by atoms with Crippen LogP contribution in [0.5, 0.6) is 0 Å². The van der Waals surface area contributed by atoms with Crippen LogP contribution in [0.15, 0.2) is 18.2 Å². The molecule has 1 aromatic rings. The molecule has 32 heavy (non-hydrogen) atoms. The Bertz CT molecular complexity index is 913. The van der Waals surface area contributed by atoms with Gasteiger partial charge in [-0.1, -0.05) is 63.9 Å². The molecule has 0 radical (unpaired) electrons. The minimum Gasteiger partial charge on any atom is -0.454 e. The highest BCUT2D eigenvalue weighted by Crippen LogP contribution is 2.60. The van der Waals surface area contributed by atoms with Gasteiger partial charge in [0.25, 0.3) is 5.91 Å². The number of alkyl halides is 2. The Balaban J connectivity index is 1.34. The summed E-state index contributed by atoms with van der Waals surface area (Å²) in [7, 11) is 0. The lowest BCUT2D eigenvalue weighted by Crippen LogP contribution is -2.38. The summed E-state index contributed by atoms with van der Waals surface area (Å²) in [4.78, 5) is 51.8. The quantitative estimate of drug-likeness (QED) is 0.309. The molecule has 4 rings (SSSR count). The molecule has 0 spiro atoms. The molecule has 1 saturated heterocycles. The van der Waals surface area contributed by atoms with Crippen LogP contribution in [-0.2, 0) is 36.8 Å². The Morgan fingerprint density at radius 3 is 2.06 bits per heavy atom. The summed E-state index contributed by atoms with van der Waals surface area (Å²) in [5.74, 6) is -2.40. The van der Waals surface area contributed by atoms with Gasteiger partial charge in [-0.2, -0.15) is 0 Å². The Morgan fingerprint density at radius 1 is 1.03 bits per heavy atom. The summed E-state index contributed by atoms with van der Waals surface area (Å²) in [6, 6.07) is 5.85. The molecule has 0 aromatic heterocycles. The van der Waals surface area contributed by atoms with E-state index >= 15 is 0 Å². The van der Waals surface area contributed by atoms with Gasteiger partial charge in [0, 0.05) is 15.3 Å². The maximum Gasteiger partial charge on any atom is 0.326 e. The van der Waals surface area contributed by atoms with Crippen LogP contribution < -0.4 is 5.32 Å². The smallest absolute Gasteiger partial charge is 0.326 e. The van der Waals surface area contributed by atoms with Crippen LogP contribution in [0, 0.1) is 23.7 Å². The molecule has 0 unspecified atom stereocenters. The second kappa shape index (κ2) is 9.25. The number of nitrogens with one attached hydrogen (secondary N) is 1. The van der Waals surface area contributed by atoms with Gasteiger partial charge in [0.15, 0.2) is 6.61 Å². The van der Waals surface area contributed by atoms with E-state index in [1.807, 2.05) is 32.0 Å². The lowest BCUT2D eigenvalue weighted by Gasteiger charge is -2.28. The second-order valence-corrected chi connectivity index (χ2v) is 10.7. The number of halogens is 2. The highest BCUT2D eigenvalue weighted by atomic mass is 79.9. The fourth-order valence-corrected chi connectivity index (χ4v) is 7.34. The zero-order valence-corrected chi connectivity index (χ0v) is 21.1. The topological polar surface area (TPSA) is 92.8 Å². The summed E-state index contributed by atoms with van der Waals surface area (Å²) in [5.41, 5.74) is 2.77. The van der Waals surface area contributed by atoms with E-state index < -0.39 is 25.0 Å². The molecule has 9 heteroatoms. The van der Waals surface area contributed by atoms with Gasteiger partial charge in [0.05, 0.1) is 11.8 Å². The lowest BCUT2D eigenvalue weighted by molar-refractivity contribution is -0.154. The number of esters is 1. The largest absolute Gasteiger partial charge is 0.454 e. The molecule has 2 aliphatic carbocycles. The molecule has 2 bridgehead atoms. The van der Waals surface area contributed by atoms with Crippen molar-refractivity contribution in [3.8, 4) is 0 Å². The number of anilines is 1. The SMILES string of the molecule is CCc1cccc(CC)c1NC(=O)COC(=O)CN1C(=O)[C@@H]2[C@H]3C[C@@H]([C@@H](Br)[C@H]3Br)[C@H]2C1=O. The molecule has 1 aromatic carbocycles. The Labute approximate surface area is 203 Å². The summed E-state index contributed by atoms with van der Waals surface area (Å²) in [5, 5.41) is 2.84. The van der Waals surface area contributed by atoms with E-state index in [0.29, 0.717) is 0 Å². The predicted octanol–water partition coefficient (Wildman–Crippen LogP) is 3.07. The van der Waals surface area contributed by atoms with E-state index in [0.717, 1.165) is 41.0 Å². The number of amides is 3. The molecule has 3 amide bonds. The molecule has 6 atom stereocenters. The molecule has 1 aliphatic heterocycles. The minimum atomic E-state index is -0.764. The molecule has 2 saturated carbocycles. The van der Waals surface area contributed by atoms with Crippen molar-refractivity contribution < 1.29 is 23.9 Å². The maximum atomic E-state index is 12.9. The predicted molar refractivity (Wildman–Crippen MR) is 126 cm³/mol. The van der Waals surface area contributed by atoms with Crippen molar-refractivity contribution in [3.63, 3.8) is 0 Å². The molecule has 1 heterocycles. The number of aryl methyl sites for hydroxylation is 2. The van der Waals surface area contributed by atoms with Crippen LogP contribution in [-0.4, -0.2) is 51.4 Å². The number of carbonyl (C=O) groups excluding carboxylic acids is 4. The van der Waals surface area contributed by atoms with Crippen LogP contribution in [0.2, 0.25) is 0 Å². The van der Waals surface area contributed by atoms with E-state index in [1.165, 1.54) is 0 Å². The number of likely N-dealkylation sites (tertiary alicyclic amines) is 1. The van der Waals surface area contributed by atoms with Gasteiger partial charge in [-0.05, 0) is 42.2 Å². The third-order valence-corrected chi connectivity index (χ3v) is 10.2. The number of nitrogens with zero attached hydrogens (tertiary/aromatic N) is 1. The first-order valence-corrected chi connectivity index (χ1v) is 12.8. The van der Waals surface area contributed by atoms with Crippen LogP contribution >= 0.6 is 31.9 Å². The van der Waals surface area contributed by atoms with E-state index in [-0.39, 0.29) is 45.1 Å². The lowest BCUT2D eigenvalue weighted by atomic mass is 9.81. The zero-order chi connectivity index (χ0) is 23.2. The first kappa shape index (κ1) is 23.4. The number of rotatable bonds is 7. The number of imide groups is 1. The fourth-order valence-electron chi connectivity index (χ4n) is 5.47. The van der Waals surface area contributed by atoms with Crippen LogP contribution in [0.25, 0.3) is 0 Å². The highest BCUT2D eigenvalue weighted by Gasteiger charge is 2.66. The Hall–Kier alpha value is -1.74. The van der Waals surface area contributed by atoms with Gasteiger partial charge in [0.1, 0.15) is 6.54 Å². The zero-order valence-electron chi connectivity index (χ0n) is 18.0. The summed E-state index contributed by atoms with van der Waals surface area (Å²) in [6.07, 6.45) is 2.35. The first-order chi connectivity index (χ1) is 15.3. The average Bonchev–Trinajstić information content (AvgIpc) is 3.39. The highest BCUT2D eigenvalue weighted by molar-refractivity contribution is 9.12. The molecular weight excluding hydrogens is 544 g/mol. The van der Waals surface area contributed by atoms with Crippen molar-refractivity contribution in [2.75, 3.05) is 18.5 Å².